The molecule has 0 N–H and O–H groups in total. The van der Waals surface area contributed by atoms with Crippen LogP contribution >= 0.6 is 23.1 Å². The minimum atomic E-state index is -0.460. The molecule has 0 saturated carbocycles. The monoisotopic (exact) mass is 282 g/mol. The number of esters is 1. The van der Waals surface area contributed by atoms with Crippen molar-refractivity contribution in [1.29, 1.82) is 0 Å². The fraction of sp³-hybridized carbons (Fsp3) is 0.300. The number of carbonyl (C=O) groups excluding carboxylic acids is 1. The third-order valence-electron chi connectivity index (χ3n) is 1.97. The van der Waals surface area contributed by atoms with Gasteiger partial charge in [0.05, 0.1) is 7.11 Å². The van der Waals surface area contributed by atoms with Crippen molar-refractivity contribution in [3.63, 3.8) is 0 Å². The van der Waals surface area contributed by atoms with E-state index >= 15 is 0 Å². The van der Waals surface area contributed by atoms with Gasteiger partial charge in [-0.15, -0.1) is 10.2 Å². The first-order chi connectivity index (χ1) is 8.60. The van der Waals surface area contributed by atoms with E-state index in [9.17, 15) is 4.79 Å². The summed E-state index contributed by atoms with van der Waals surface area (Å²) in [6, 6.07) is 0. The van der Waals surface area contributed by atoms with Crippen molar-refractivity contribution in [3.05, 3.63) is 22.6 Å². The zero-order valence-corrected chi connectivity index (χ0v) is 11.6. The van der Waals surface area contributed by atoms with Crippen molar-refractivity contribution < 1.29 is 9.53 Å². The Morgan fingerprint density at radius 3 is 2.78 bits per heavy atom. The number of carbonyl (C=O) groups is 1. The van der Waals surface area contributed by atoms with Gasteiger partial charge in [0.2, 0.25) is 0 Å². The average molecular weight is 282 g/mol. The number of hydrogen-bond donors (Lipinski definition) is 0. The van der Waals surface area contributed by atoms with Crippen molar-refractivity contribution in [2.75, 3.05) is 7.11 Å². The zero-order valence-electron chi connectivity index (χ0n) is 10.00. The minimum absolute atomic E-state index is 0.334. The molecule has 8 heteroatoms. The van der Waals surface area contributed by atoms with E-state index in [0.29, 0.717) is 16.4 Å². The first-order valence-electron chi connectivity index (χ1n) is 5.00. The predicted molar refractivity (Wildman–Crippen MR) is 66.9 cm³/mol. The van der Waals surface area contributed by atoms with Gasteiger partial charge in [0, 0.05) is 6.20 Å². The van der Waals surface area contributed by atoms with E-state index in [1.807, 2.05) is 6.92 Å². The molecule has 0 aromatic carbocycles. The Bertz CT molecular complexity index is 585. The molecule has 2 aromatic heterocycles. The van der Waals surface area contributed by atoms with Crippen LogP contribution in [0.4, 0.5) is 0 Å². The van der Waals surface area contributed by atoms with Crippen LogP contribution in [-0.2, 0) is 4.74 Å². The van der Waals surface area contributed by atoms with Crippen LogP contribution < -0.4 is 0 Å². The molecule has 0 aliphatic carbocycles. The van der Waals surface area contributed by atoms with E-state index in [1.54, 1.807) is 6.92 Å². The van der Waals surface area contributed by atoms with E-state index in [4.69, 9.17) is 4.74 Å². The third-order valence-corrected chi connectivity index (χ3v) is 3.87. The zero-order chi connectivity index (χ0) is 13.1. The van der Waals surface area contributed by atoms with E-state index < -0.39 is 5.97 Å². The van der Waals surface area contributed by atoms with Crippen LogP contribution in [0.2, 0.25) is 0 Å². The van der Waals surface area contributed by atoms with Crippen LogP contribution in [-0.4, -0.2) is 33.2 Å². The maximum Gasteiger partial charge on any atom is 0.342 e. The fourth-order valence-electron chi connectivity index (χ4n) is 1.18. The summed E-state index contributed by atoms with van der Waals surface area (Å²) in [5, 5.41) is 9.30. The summed E-state index contributed by atoms with van der Waals surface area (Å²) in [7, 11) is 1.33. The highest BCUT2D eigenvalue weighted by Crippen LogP contribution is 2.30. The number of nitrogens with zero attached hydrogens (tertiary/aromatic N) is 4. The van der Waals surface area contributed by atoms with Gasteiger partial charge in [0.15, 0.2) is 4.34 Å². The molecule has 0 atom stereocenters. The molecule has 0 fully saturated rings. The van der Waals surface area contributed by atoms with Crippen LogP contribution in [0, 0.1) is 13.8 Å². The molecule has 18 heavy (non-hydrogen) atoms. The van der Waals surface area contributed by atoms with Crippen molar-refractivity contribution in [1.82, 2.24) is 20.2 Å². The lowest BCUT2D eigenvalue weighted by molar-refractivity contribution is 0.0595. The second-order valence-corrected chi connectivity index (χ2v) is 5.73. The lowest BCUT2D eigenvalue weighted by atomic mass is 10.3. The fourth-order valence-corrected chi connectivity index (χ4v) is 3.03. The molecule has 2 aromatic rings. The second kappa shape index (κ2) is 5.40. The maximum atomic E-state index is 11.6. The van der Waals surface area contributed by atoms with Gasteiger partial charge >= 0.3 is 5.97 Å². The molecule has 0 bridgehead atoms. The summed E-state index contributed by atoms with van der Waals surface area (Å²) >= 11 is 2.73. The Labute approximate surface area is 112 Å². The summed E-state index contributed by atoms with van der Waals surface area (Å²) in [6.07, 6.45) is 1.46. The Morgan fingerprint density at radius 2 is 2.17 bits per heavy atom. The molecule has 0 spiro atoms. The molecular weight excluding hydrogens is 272 g/mol. The summed E-state index contributed by atoms with van der Waals surface area (Å²) in [5.41, 5.74) is 0.334. The lowest BCUT2D eigenvalue weighted by Gasteiger charge is -2.04. The number of aromatic nitrogens is 4. The first kappa shape index (κ1) is 12.9. The maximum absolute atomic E-state index is 11.6. The number of aryl methyl sites for hydroxylation is 2. The van der Waals surface area contributed by atoms with Crippen LogP contribution in [0.3, 0.4) is 0 Å². The number of hydrogen-bond acceptors (Lipinski definition) is 8. The number of rotatable bonds is 3. The van der Waals surface area contributed by atoms with Gasteiger partial charge in [-0.1, -0.05) is 11.3 Å². The van der Waals surface area contributed by atoms with E-state index in [-0.39, 0.29) is 0 Å². The molecule has 2 heterocycles. The van der Waals surface area contributed by atoms with Crippen LogP contribution in [0.25, 0.3) is 0 Å². The van der Waals surface area contributed by atoms with Gasteiger partial charge in [-0.3, -0.25) is 0 Å². The minimum Gasteiger partial charge on any atom is -0.465 e. The van der Waals surface area contributed by atoms with Gasteiger partial charge in [0.1, 0.15) is 21.4 Å². The Balaban J connectivity index is 2.36. The molecule has 0 aliphatic heterocycles. The number of methoxy groups -OCH3 is 1. The summed E-state index contributed by atoms with van der Waals surface area (Å²) in [4.78, 5) is 19.8. The van der Waals surface area contributed by atoms with Crippen molar-refractivity contribution in [2.24, 2.45) is 0 Å². The molecule has 0 unspecified atom stereocenters. The van der Waals surface area contributed by atoms with Crippen LogP contribution in [0.15, 0.2) is 15.6 Å². The Morgan fingerprint density at radius 1 is 1.39 bits per heavy atom. The third kappa shape index (κ3) is 2.82. The average Bonchev–Trinajstić information content (AvgIpc) is 2.74. The van der Waals surface area contributed by atoms with Gasteiger partial charge in [-0.05, 0) is 25.6 Å². The highest BCUT2D eigenvalue weighted by Gasteiger charge is 2.17. The molecule has 94 valence electrons. The normalized spacial score (nSPS) is 10.4. The van der Waals surface area contributed by atoms with Crippen molar-refractivity contribution >= 4 is 29.1 Å². The summed E-state index contributed by atoms with van der Waals surface area (Å²) < 4.78 is 5.43. The van der Waals surface area contributed by atoms with Gasteiger partial charge in [-0.2, -0.15) is 0 Å². The second-order valence-electron chi connectivity index (χ2n) is 3.32. The van der Waals surface area contributed by atoms with Gasteiger partial charge in [-0.25, -0.2) is 14.8 Å². The summed E-state index contributed by atoms with van der Waals surface area (Å²) in [6.45, 7) is 3.63. The highest BCUT2D eigenvalue weighted by molar-refractivity contribution is 8.01. The molecule has 0 saturated heterocycles. The van der Waals surface area contributed by atoms with Crippen LogP contribution in [0.5, 0.6) is 0 Å². The highest BCUT2D eigenvalue weighted by atomic mass is 32.2. The molecule has 0 amide bonds. The predicted octanol–water partition coefficient (Wildman–Crippen LogP) is 1.88. The smallest absolute Gasteiger partial charge is 0.342 e. The molecule has 0 radical (unpaired) electrons. The topological polar surface area (TPSA) is 77.9 Å². The van der Waals surface area contributed by atoms with Gasteiger partial charge < -0.3 is 4.74 Å². The van der Waals surface area contributed by atoms with Crippen molar-refractivity contribution in [2.45, 2.75) is 23.2 Å². The van der Waals surface area contributed by atoms with Gasteiger partial charge in [0.25, 0.3) is 0 Å². The molecule has 2 rings (SSSR count). The summed E-state index contributed by atoms with van der Waals surface area (Å²) in [5.74, 6) is 0.130. The Hall–Kier alpha value is -1.54. The SMILES string of the molecule is COC(=O)c1cnc(C)nc1Sc1nnc(C)s1. The first-order valence-corrected chi connectivity index (χ1v) is 6.63. The molecular formula is C10H10N4O2S2. The van der Waals surface area contributed by atoms with E-state index in [2.05, 4.69) is 20.2 Å². The standard InChI is InChI=1S/C10H10N4O2S2/c1-5-11-4-7(9(15)16-3)8(12-5)18-10-14-13-6(2)17-10/h4H,1-3H3. The largest absolute Gasteiger partial charge is 0.465 e. The number of ether oxygens (including phenoxy) is 1. The van der Waals surface area contributed by atoms with Crippen LogP contribution in [0.1, 0.15) is 21.2 Å². The molecule has 6 nitrogen and oxygen atoms in total. The Kier molecular flexibility index (Phi) is 3.87. The molecule has 0 aliphatic rings. The van der Waals surface area contributed by atoms with Crippen molar-refractivity contribution in [3.8, 4) is 0 Å². The quantitative estimate of drug-likeness (QED) is 0.628. The van der Waals surface area contributed by atoms with E-state index in [0.717, 1.165) is 9.35 Å². The van der Waals surface area contributed by atoms with E-state index in [1.165, 1.54) is 36.4 Å². The lowest BCUT2D eigenvalue weighted by Crippen LogP contribution is -2.06.